The van der Waals surface area contributed by atoms with E-state index in [-0.39, 0.29) is 0 Å². The molecule has 3 heteroatoms. The van der Waals surface area contributed by atoms with Crippen molar-refractivity contribution >= 4 is 5.69 Å². The maximum absolute atomic E-state index is 6.01. The Morgan fingerprint density at radius 3 is 2.56 bits per heavy atom. The average Bonchev–Trinajstić information content (AvgIpc) is 2.39. The summed E-state index contributed by atoms with van der Waals surface area (Å²) in [6.07, 6.45) is 1.07. The van der Waals surface area contributed by atoms with E-state index < -0.39 is 0 Å². The number of aryl methyl sites for hydroxylation is 1. The lowest BCUT2D eigenvalue weighted by atomic mass is 10.1. The molecule has 1 aliphatic heterocycles. The fourth-order valence-corrected chi connectivity index (χ4v) is 2.47. The molecular weight excluding hydrogens is 222 g/mol. The van der Waals surface area contributed by atoms with Gasteiger partial charge in [0.2, 0.25) is 0 Å². The number of benzene rings is 1. The maximum atomic E-state index is 6.01. The van der Waals surface area contributed by atoms with Gasteiger partial charge < -0.3 is 10.6 Å². The van der Waals surface area contributed by atoms with Gasteiger partial charge in [-0.15, -0.1) is 0 Å². The van der Waals surface area contributed by atoms with Gasteiger partial charge in [0.25, 0.3) is 0 Å². The van der Waals surface area contributed by atoms with Crippen LogP contribution in [0.1, 0.15) is 18.9 Å². The van der Waals surface area contributed by atoms with E-state index in [4.69, 9.17) is 5.73 Å². The minimum atomic E-state index is 0.329. The van der Waals surface area contributed by atoms with Crippen molar-refractivity contribution in [2.24, 2.45) is 5.73 Å². The summed E-state index contributed by atoms with van der Waals surface area (Å²) in [5.41, 5.74) is 8.71. The van der Waals surface area contributed by atoms with Crippen molar-refractivity contribution in [2.75, 3.05) is 37.6 Å². The molecule has 0 saturated carbocycles. The summed E-state index contributed by atoms with van der Waals surface area (Å²) in [6, 6.07) is 9.10. The Labute approximate surface area is 111 Å². The van der Waals surface area contributed by atoms with E-state index in [1.807, 2.05) is 0 Å². The third kappa shape index (κ3) is 3.47. The van der Waals surface area contributed by atoms with Gasteiger partial charge in [-0.25, -0.2) is 0 Å². The van der Waals surface area contributed by atoms with Gasteiger partial charge in [0.1, 0.15) is 0 Å². The van der Waals surface area contributed by atoms with Crippen molar-refractivity contribution in [1.82, 2.24) is 4.90 Å². The quantitative estimate of drug-likeness (QED) is 0.881. The zero-order valence-electron chi connectivity index (χ0n) is 11.6. The van der Waals surface area contributed by atoms with Crippen LogP contribution in [0, 0.1) is 6.92 Å². The third-order valence-electron chi connectivity index (χ3n) is 3.76. The average molecular weight is 247 g/mol. The third-order valence-corrected chi connectivity index (χ3v) is 3.76. The molecule has 1 saturated heterocycles. The molecule has 1 atom stereocenters. The molecule has 1 aromatic carbocycles. The van der Waals surface area contributed by atoms with Crippen LogP contribution in [0.4, 0.5) is 5.69 Å². The van der Waals surface area contributed by atoms with Crippen LogP contribution in [0.15, 0.2) is 24.3 Å². The fourth-order valence-electron chi connectivity index (χ4n) is 2.47. The Hall–Kier alpha value is -1.06. The van der Waals surface area contributed by atoms with Crippen LogP contribution in [-0.4, -0.2) is 43.7 Å². The number of hydrogen-bond donors (Lipinski definition) is 1. The Morgan fingerprint density at radius 1 is 1.22 bits per heavy atom. The monoisotopic (exact) mass is 247 g/mol. The summed E-state index contributed by atoms with van der Waals surface area (Å²) in [5, 5.41) is 0. The van der Waals surface area contributed by atoms with Crippen LogP contribution in [0.25, 0.3) is 0 Å². The van der Waals surface area contributed by atoms with Crippen molar-refractivity contribution in [2.45, 2.75) is 26.3 Å². The highest BCUT2D eigenvalue weighted by Gasteiger charge is 2.18. The summed E-state index contributed by atoms with van der Waals surface area (Å²) < 4.78 is 0. The molecule has 1 aromatic rings. The summed E-state index contributed by atoms with van der Waals surface area (Å²) in [7, 11) is 0. The molecule has 100 valence electrons. The lowest BCUT2D eigenvalue weighted by Crippen LogP contribution is -2.49. The molecule has 2 N–H and O–H groups in total. The second-order valence-electron chi connectivity index (χ2n) is 5.29. The highest BCUT2D eigenvalue weighted by atomic mass is 15.3. The van der Waals surface area contributed by atoms with E-state index in [0.717, 1.165) is 39.1 Å². The smallest absolute Gasteiger partial charge is 0.0369 e. The second kappa shape index (κ2) is 6.21. The first kappa shape index (κ1) is 13.4. The molecule has 3 nitrogen and oxygen atoms in total. The van der Waals surface area contributed by atoms with Crippen LogP contribution in [0.5, 0.6) is 0 Å². The summed E-state index contributed by atoms with van der Waals surface area (Å²) in [6.45, 7) is 9.83. The predicted molar refractivity (Wildman–Crippen MR) is 78.1 cm³/mol. The summed E-state index contributed by atoms with van der Waals surface area (Å²) in [5.74, 6) is 0. The molecule has 0 aromatic heterocycles. The largest absolute Gasteiger partial charge is 0.369 e. The van der Waals surface area contributed by atoms with Crippen LogP contribution in [0.3, 0.4) is 0 Å². The standard InChI is InChI=1S/C15H25N3/c1-3-14(16)12-17-7-9-18(10-8-17)15-6-4-5-13(2)11-15/h4-6,11,14H,3,7-10,12,16H2,1-2H3. The molecular formula is C15H25N3. The van der Waals surface area contributed by atoms with Gasteiger partial charge in [-0.2, -0.15) is 0 Å². The number of hydrogen-bond acceptors (Lipinski definition) is 3. The lowest BCUT2D eigenvalue weighted by molar-refractivity contribution is 0.241. The van der Waals surface area contributed by atoms with Gasteiger partial charge in [-0.05, 0) is 31.0 Å². The van der Waals surface area contributed by atoms with Gasteiger partial charge in [-0.3, -0.25) is 4.90 Å². The molecule has 0 bridgehead atoms. The normalized spacial score (nSPS) is 18.9. The van der Waals surface area contributed by atoms with Crippen molar-refractivity contribution in [3.05, 3.63) is 29.8 Å². The van der Waals surface area contributed by atoms with E-state index in [1.165, 1.54) is 11.3 Å². The van der Waals surface area contributed by atoms with Crippen LogP contribution in [0.2, 0.25) is 0 Å². The number of nitrogens with two attached hydrogens (primary N) is 1. The van der Waals surface area contributed by atoms with Crippen molar-refractivity contribution in [3.63, 3.8) is 0 Å². The zero-order valence-corrected chi connectivity index (χ0v) is 11.6. The van der Waals surface area contributed by atoms with E-state index >= 15 is 0 Å². The number of anilines is 1. The van der Waals surface area contributed by atoms with Gasteiger partial charge in [-0.1, -0.05) is 19.1 Å². The lowest BCUT2D eigenvalue weighted by Gasteiger charge is -2.37. The SMILES string of the molecule is CCC(N)CN1CCN(c2cccc(C)c2)CC1. The van der Waals surface area contributed by atoms with Gasteiger partial charge in [0.05, 0.1) is 0 Å². The summed E-state index contributed by atoms with van der Waals surface area (Å²) >= 11 is 0. The first-order valence-corrected chi connectivity index (χ1v) is 6.98. The van der Waals surface area contributed by atoms with E-state index in [0.29, 0.717) is 6.04 Å². The zero-order chi connectivity index (χ0) is 13.0. The maximum Gasteiger partial charge on any atom is 0.0369 e. The molecule has 0 radical (unpaired) electrons. The molecule has 1 fully saturated rings. The number of rotatable bonds is 4. The molecule has 1 aliphatic rings. The predicted octanol–water partition coefficient (Wildman–Crippen LogP) is 1.85. The highest BCUT2D eigenvalue weighted by molar-refractivity contribution is 5.48. The Kier molecular flexibility index (Phi) is 4.61. The Bertz CT molecular complexity index is 370. The Morgan fingerprint density at radius 2 is 1.94 bits per heavy atom. The highest BCUT2D eigenvalue weighted by Crippen LogP contribution is 2.17. The van der Waals surface area contributed by atoms with Crippen molar-refractivity contribution in [1.29, 1.82) is 0 Å². The molecule has 18 heavy (non-hydrogen) atoms. The minimum absolute atomic E-state index is 0.329. The molecule has 0 spiro atoms. The van der Waals surface area contributed by atoms with Crippen LogP contribution in [-0.2, 0) is 0 Å². The van der Waals surface area contributed by atoms with Crippen LogP contribution < -0.4 is 10.6 Å². The van der Waals surface area contributed by atoms with Crippen molar-refractivity contribution in [3.8, 4) is 0 Å². The Balaban J connectivity index is 1.87. The van der Waals surface area contributed by atoms with Gasteiger partial charge in [0, 0.05) is 44.5 Å². The van der Waals surface area contributed by atoms with E-state index in [9.17, 15) is 0 Å². The van der Waals surface area contributed by atoms with E-state index in [1.54, 1.807) is 0 Å². The summed E-state index contributed by atoms with van der Waals surface area (Å²) in [4.78, 5) is 4.96. The number of piperazine rings is 1. The first-order valence-electron chi connectivity index (χ1n) is 6.98. The molecule has 0 amide bonds. The molecule has 1 heterocycles. The minimum Gasteiger partial charge on any atom is -0.369 e. The molecule has 2 rings (SSSR count). The van der Waals surface area contributed by atoms with Crippen LogP contribution >= 0.6 is 0 Å². The van der Waals surface area contributed by atoms with Gasteiger partial charge >= 0.3 is 0 Å². The molecule has 1 unspecified atom stereocenters. The number of nitrogens with zero attached hydrogens (tertiary/aromatic N) is 2. The van der Waals surface area contributed by atoms with Crippen molar-refractivity contribution < 1.29 is 0 Å². The molecule has 0 aliphatic carbocycles. The topological polar surface area (TPSA) is 32.5 Å². The first-order chi connectivity index (χ1) is 8.69. The van der Waals surface area contributed by atoms with E-state index in [2.05, 4.69) is 47.9 Å². The fraction of sp³-hybridized carbons (Fsp3) is 0.600. The second-order valence-corrected chi connectivity index (χ2v) is 5.29. The van der Waals surface area contributed by atoms with Gasteiger partial charge in [0.15, 0.2) is 0 Å².